The lowest BCUT2D eigenvalue weighted by atomic mass is 10.1. The molecule has 1 aliphatic heterocycles. The summed E-state index contributed by atoms with van der Waals surface area (Å²) in [7, 11) is 1.59. The minimum Gasteiger partial charge on any atom is -0.454 e. The number of ether oxygens (including phenoxy) is 3. The van der Waals surface area contributed by atoms with E-state index < -0.39 is 6.10 Å². The molecule has 100 valence electrons. The van der Waals surface area contributed by atoms with Gasteiger partial charge in [-0.1, -0.05) is 6.07 Å². The second-order valence-electron chi connectivity index (χ2n) is 4.19. The summed E-state index contributed by atoms with van der Waals surface area (Å²) in [5.41, 5.74) is 0.702. The summed E-state index contributed by atoms with van der Waals surface area (Å²) in [6.45, 7) is 0.560. The molecule has 1 aromatic heterocycles. The molecular formula is C13H14N2O4. The molecule has 1 N–H and O–H groups in total. The monoisotopic (exact) mass is 262 g/mol. The van der Waals surface area contributed by atoms with Crippen LogP contribution in [-0.2, 0) is 11.5 Å². The molecule has 0 saturated heterocycles. The van der Waals surface area contributed by atoms with Crippen LogP contribution in [0.15, 0.2) is 30.6 Å². The minimum atomic E-state index is -0.834. The molecule has 0 bridgehead atoms. The van der Waals surface area contributed by atoms with E-state index in [1.165, 1.54) is 0 Å². The summed E-state index contributed by atoms with van der Waals surface area (Å²) in [5.74, 6) is 1.86. The quantitative estimate of drug-likeness (QED) is 0.899. The summed E-state index contributed by atoms with van der Waals surface area (Å²) >= 11 is 0. The van der Waals surface area contributed by atoms with Crippen molar-refractivity contribution in [3.05, 3.63) is 42.0 Å². The number of imidazole rings is 1. The fourth-order valence-electron chi connectivity index (χ4n) is 2.05. The lowest BCUT2D eigenvalue weighted by Gasteiger charge is -2.13. The first-order valence-electron chi connectivity index (χ1n) is 5.87. The van der Waals surface area contributed by atoms with Crippen molar-refractivity contribution in [3.63, 3.8) is 0 Å². The maximum absolute atomic E-state index is 10.4. The van der Waals surface area contributed by atoms with Crippen molar-refractivity contribution in [1.82, 2.24) is 9.55 Å². The summed E-state index contributed by atoms with van der Waals surface area (Å²) in [4.78, 5) is 4.17. The lowest BCUT2D eigenvalue weighted by Crippen LogP contribution is -2.10. The first-order chi connectivity index (χ1) is 9.29. The van der Waals surface area contributed by atoms with Gasteiger partial charge >= 0.3 is 0 Å². The summed E-state index contributed by atoms with van der Waals surface area (Å²) < 4.78 is 17.3. The van der Waals surface area contributed by atoms with E-state index in [1.54, 1.807) is 42.3 Å². The van der Waals surface area contributed by atoms with Crippen LogP contribution < -0.4 is 9.47 Å². The number of benzene rings is 1. The van der Waals surface area contributed by atoms with Crippen LogP contribution in [0.1, 0.15) is 17.5 Å². The molecule has 2 heterocycles. The first-order valence-corrected chi connectivity index (χ1v) is 5.87. The van der Waals surface area contributed by atoms with Gasteiger partial charge < -0.3 is 23.9 Å². The first kappa shape index (κ1) is 12.0. The SMILES string of the molecule is COCn1ccnc1C(O)c1ccc2c(c1)OCO2. The molecule has 3 rings (SSSR count). The molecule has 0 saturated carbocycles. The predicted octanol–water partition coefficient (Wildman–Crippen LogP) is 1.30. The Kier molecular flexibility index (Phi) is 3.10. The number of hydrogen-bond donors (Lipinski definition) is 1. The van der Waals surface area contributed by atoms with Crippen LogP contribution in [0.25, 0.3) is 0 Å². The average Bonchev–Trinajstić information content (AvgIpc) is 3.05. The number of fused-ring (bicyclic) bond motifs is 1. The van der Waals surface area contributed by atoms with Gasteiger partial charge in [0, 0.05) is 19.5 Å². The standard InChI is InChI=1S/C13H14N2O4/c1-17-7-15-5-4-14-13(15)12(16)9-2-3-10-11(6-9)19-8-18-10/h2-6,12,16H,7-8H2,1H3. The molecule has 19 heavy (non-hydrogen) atoms. The number of hydrogen-bond acceptors (Lipinski definition) is 5. The topological polar surface area (TPSA) is 65.7 Å². The smallest absolute Gasteiger partial charge is 0.231 e. The molecule has 0 spiro atoms. The van der Waals surface area contributed by atoms with Crippen molar-refractivity contribution >= 4 is 0 Å². The third-order valence-electron chi connectivity index (χ3n) is 2.97. The molecule has 6 nitrogen and oxygen atoms in total. The highest BCUT2D eigenvalue weighted by molar-refractivity contribution is 5.45. The Hall–Kier alpha value is -2.05. The molecular weight excluding hydrogens is 248 g/mol. The van der Waals surface area contributed by atoms with Crippen LogP contribution in [0.5, 0.6) is 11.5 Å². The Bertz CT molecular complexity index is 582. The van der Waals surface area contributed by atoms with Crippen molar-refractivity contribution in [2.45, 2.75) is 12.8 Å². The van der Waals surface area contributed by atoms with Gasteiger partial charge in [0.05, 0.1) is 0 Å². The molecule has 1 aliphatic rings. The molecule has 0 fully saturated rings. The van der Waals surface area contributed by atoms with Crippen LogP contribution in [0.3, 0.4) is 0 Å². The fraction of sp³-hybridized carbons (Fsp3) is 0.308. The van der Waals surface area contributed by atoms with Gasteiger partial charge in [0.15, 0.2) is 11.5 Å². The van der Waals surface area contributed by atoms with Crippen molar-refractivity contribution < 1.29 is 19.3 Å². The van der Waals surface area contributed by atoms with Crippen molar-refractivity contribution in [2.75, 3.05) is 13.9 Å². The van der Waals surface area contributed by atoms with Gasteiger partial charge in [-0.25, -0.2) is 4.98 Å². The maximum atomic E-state index is 10.4. The molecule has 1 aromatic carbocycles. The van der Waals surface area contributed by atoms with E-state index in [2.05, 4.69) is 4.98 Å². The highest BCUT2D eigenvalue weighted by Gasteiger charge is 2.20. The average molecular weight is 262 g/mol. The van der Waals surface area contributed by atoms with E-state index >= 15 is 0 Å². The van der Waals surface area contributed by atoms with Gasteiger partial charge in [0.1, 0.15) is 18.7 Å². The predicted molar refractivity (Wildman–Crippen MR) is 65.9 cm³/mol. The van der Waals surface area contributed by atoms with Crippen LogP contribution in [0.4, 0.5) is 0 Å². The molecule has 6 heteroatoms. The second-order valence-corrected chi connectivity index (χ2v) is 4.19. The summed E-state index contributed by atoms with van der Waals surface area (Å²) in [5, 5.41) is 10.4. The van der Waals surface area contributed by atoms with E-state index in [1.807, 2.05) is 0 Å². The Morgan fingerprint density at radius 2 is 2.26 bits per heavy atom. The number of methoxy groups -OCH3 is 1. The lowest BCUT2D eigenvalue weighted by molar-refractivity contribution is 0.117. The van der Waals surface area contributed by atoms with Gasteiger partial charge in [0.2, 0.25) is 6.79 Å². The Morgan fingerprint density at radius 1 is 1.42 bits per heavy atom. The fourth-order valence-corrected chi connectivity index (χ4v) is 2.05. The molecule has 0 amide bonds. The Labute approximate surface area is 110 Å². The van der Waals surface area contributed by atoms with Crippen molar-refractivity contribution in [3.8, 4) is 11.5 Å². The van der Waals surface area contributed by atoms with Gasteiger partial charge in [-0.15, -0.1) is 0 Å². The number of nitrogens with zero attached hydrogens (tertiary/aromatic N) is 2. The molecule has 2 aromatic rings. The minimum absolute atomic E-state index is 0.215. The van der Waals surface area contributed by atoms with Crippen LogP contribution >= 0.6 is 0 Å². The van der Waals surface area contributed by atoms with Crippen molar-refractivity contribution in [2.24, 2.45) is 0 Å². The van der Waals surface area contributed by atoms with E-state index in [0.29, 0.717) is 29.6 Å². The van der Waals surface area contributed by atoms with Crippen LogP contribution in [0, 0.1) is 0 Å². The third kappa shape index (κ3) is 2.16. The van der Waals surface area contributed by atoms with E-state index in [0.717, 1.165) is 0 Å². The van der Waals surface area contributed by atoms with Gasteiger partial charge in [0.25, 0.3) is 0 Å². The van der Waals surface area contributed by atoms with Crippen LogP contribution in [-0.4, -0.2) is 28.6 Å². The third-order valence-corrected chi connectivity index (χ3v) is 2.97. The Morgan fingerprint density at radius 3 is 3.11 bits per heavy atom. The van der Waals surface area contributed by atoms with Gasteiger partial charge in [-0.2, -0.15) is 0 Å². The van der Waals surface area contributed by atoms with Gasteiger partial charge in [-0.3, -0.25) is 0 Å². The summed E-state index contributed by atoms with van der Waals surface area (Å²) in [6, 6.07) is 5.34. The zero-order chi connectivity index (χ0) is 13.2. The molecule has 0 aliphatic carbocycles. The normalized spacial score (nSPS) is 14.6. The zero-order valence-electron chi connectivity index (χ0n) is 10.4. The largest absolute Gasteiger partial charge is 0.454 e. The number of aliphatic hydroxyl groups excluding tert-OH is 1. The van der Waals surface area contributed by atoms with E-state index in [9.17, 15) is 5.11 Å². The zero-order valence-corrected chi connectivity index (χ0v) is 10.4. The van der Waals surface area contributed by atoms with E-state index in [4.69, 9.17) is 14.2 Å². The summed E-state index contributed by atoms with van der Waals surface area (Å²) in [6.07, 6.45) is 2.55. The molecule has 0 radical (unpaired) electrons. The Balaban J connectivity index is 1.90. The molecule has 1 atom stereocenters. The van der Waals surface area contributed by atoms with Crippen LogP contribution in [0.2, 0.25) is 0 Å². The maximum Gasteiger partial charge on any atom is 0.231 e. The van der Waals surface area contributed by atoms with E-state index in [-0.39, 0.29) is 6.79 Å². The number of aromatic nitrogens is 2. The number of rotatable bonds is 4. The molecule has 1 unspecified atom stereocenters. The van der Waals surface area contributed by atoms with Gasteiger partial charge in [-0.05, 0) is 17.7 Å². The highest BCUT2D eigenvalue weighted by Crippen LogP contribution is 2.35. The number of aliphatic hydroxyl groups is 1. The van der Waals surface area contributed by atoms with Crippen molar-refractivity contribution in [1.29, 1.82) is 0 Å². The second kappa shape index (κ2) is 4.91. The highest BCUT2D eigenvalue weighted by atomic mass is 16.7.